The minimum atomic E-state index is 0.348. The number of alkyl halides is 1. The fourth-order valence-corrected chi connectivity index (χ4v) is 1.26. The summed E-state index contributed by atoms with van der Waals surface area (Å²) in [6, 6.07) is 3.67. The zero-order chi connectivity index (χ0) is 9.14. The van der Waals surface area contributed by atoms with Gasteiger partial charge in [0.2, 0.25) is 0 Å². The molecule has 0 bridgehead atoms. The van der Waals surface area contributed by atoms with E-state index < -0.39 is 0 Å². The first kappa shape index (κ1) is 9.62. The average Bonchev–Trinajstić information content (AvgIpc) is 2.05. The van der Waals surface area contributed by atoms with Crippen molar-refractivity contribution in [2.75, 3.05) is 19.0 Å². The minimum Gasteiger partial charge on any atom is -0.363 e. The van der Waals surface area contributed by atoms with Gasteiger partial charge in [-0.2, -0.15) is 0 Å². The molecular formula is C8H10Cl2N2. The van der Waals surface area contributed by atoms with Gasteiger partial charge in [0, 0.05) is 14.1 Å². The van der Waals surface area contributed by atoms with Gasteiger partial charge in [-0.3, -0.25) is 0 Å². The number of rotatable bonds is 2. The molecule has 0 aliphatic rings. The molecule has 12 heavy (non-hydrogen) atoms. The first-order valence-corrected chi connectivity index (χ1v) is 4.45. The Hall–Kier alpha value is -0.470. The van der Waals surface area contributed by atoms with Gasteiger partial charge in [-0.25, -0.2) is 4.98 Å². The van der Waals surface area contributed by atoms with Crippen LogP contribution in [-0.4, -0.2) is 19.1 Å². The normalized spacial score (nSPS) is 10.0. The standard InChI is InChI=1S/C8H10Cl2N2/c1-12(2)8-4-3-6(10)7(5-9)11-8/h3-4H,5H2,1-2H3. The summed E-state index contributed by atoms with van der Waals surface area (Å²) in [4.78, 5) is 6.16. The third-order valence-electron chi connectivity index (χ3n) is 1.49. The van der Waals surface area contributed by atoms with Crippen molar-refractivity contribution in [3.8, 4) is 0 Å². The Balaban J connectivity index is 3.05. The summed E-state index contributed by atoms with van der Waals surface area (Å²) in [6.07, 6.45) is 0. The van der Waals surface area contributed by atoms with Crippen LogP contribution in [0.5, 0.6) is 0 Å². The number of nitrogens with zero attached hydrogens (tertiary/aromatic N) is 2. The first-order chi connectivity index (χ1) is 5.65. The molecule has 0 N–H and O–H groups in total. The second kappa shape index (κ2) is 3.97. The van der Waals surface area contributed by atoms with E-state index in [2.05, 4.69) is 4.98 Å². The van der Waals surface area contributed by atoms with Crippen molar-refractivity contribution in [1.29, 1.82) is 0 Å². The molecule has 0 aliphatic heterocycles. The summed E-state index contributed by atoms with van der Waals surface area (Å²) < 4.78 is 0. The molecule has 0 saturated carbocycles. The van der Waals surface area contributed by atoms with Gasteiger partial charge in [-0.1, -0.05) is 11.6 Å². The molecule has 66 valence electrons. The Morgan fingerprint density at radius 2 is 2.08 bits per heavy atom. The topological polar surface area (TPSA) is 16.1 Å². The Bertz CT molecular complexity index is 274. The third-order valence-corrected chi connectivity index (χ3v) is 2.09. The van der Waals surface area contributed by atoms with E-state index in [0.29, 0.717) is 10.9 Å². The number of anilines is 1. The van der Waals surface area contributed by atoms with Gasteiger partial charge in [0.05, 0.1) is 16.6 Å². The van der Waals surface area contributed by atoms with Crippen molar-refractivity contribution < 1.29 is 0 Å². The van der Waals surface area contributed by atoms with Crippen LogP contribution in [0.1, 0.15) is 5.69 Å². The lowest BCUT2D eigenvalue weighted by Gasteiger charge is -2.12. The van der Waals surface area contributed by atoms with Crippen LogP contribution >= 0.6 is 23.2 Å². The van der Waals surface area contributed by atoms with Crippen LogP contribution in [0.2, 0.25) is 5.02 Å². The van der Waals surface area contributed by atoms with E-state index in [-0.39, 0.29) is 0 Å². The maximum absolute atomic E-state index is 5.84. The highest BCUT2D eigenvalue weighted by Crippen LogP contribution is 2.19. The number of hydrogen-bond acceptors (Lipinski definition) is 2. The Morgan fingerprint density at radius 3 is 2.58 bits per heavy atom. The number of aromatic nitrogens is 1. The van der Waals surface area contributed by atoms with Crippen LogP contribution in [0, 0.1) is 0 Å². The summed E-state index contributed by atoms with van der Waals surface area (Å²) in [6.45, 7) is 0. The van der Waals surface area contributed by atoms with Gasteiger partial charge in [0.15, 0.2) is 0 Å². The Kier molecular flexibility index (Phi) is 3.18. The van der Waals surface area contributed by atoms with E-state index in [4.69, 9.17) is 23.2 Å². The van der Waals surface area contributed by atoms with Crippen LogP contribution in [0.3, 0.4) is 0 Å². The number of hydrogen-bond donors (Lipinski definition) is 0. The highest BCUT2D eigenvalue weighted by molar-refractivity contribution is 6.32. The van der Waals surface area contributed by atoms with Gasteiger partial charge in [0.25, 0.3) is 0 Å². The first-order valence-electron chi connectivity index (χ1n) is 3.54. The lowest BCUT2D eigenvalue weighted by molar-refractivity contribution is 1.04. The van der Waals surface area contributed by atoms with E-state index >= 15 is 0 Å². The molecule has 0 aliphatic carbocycles. The van der Waals surface area contributed by atoms with E-state index in [1.807, 2.05) is 31.1 Å². The molecule has 1 heterocycles. The molecule has 0 amide bonds. The van der Waals surface area contributed by atoms with Gasteiger partial charge in [-0.05, 0) is 12.1 Å². The minimum absolute atomic E-state index is 0.348. The highest BCUT2D eigenvalue weighted by Gasteiger charge is 2.03. The lowest BCUT2D eigenvalue weighted by atomic mass is 10.3. The Labute approximate surface area is 82.1 Å². The second-order valence-corrected chi connectivity index (χ2v) is 3.30. The zero-order valence-corrected chi connectivity index (χ0v) is 8.52. The highest BCUT2D eigenvalue weighted by atomic mass is 35.5. The molecule has 1 rings (SSSR count). The summed E-state index contributed by atoms with van der Waals surface area (Å²) >= 11 is 11.5. The molecule has 2 nitrogen and oxygen atoms in total. The van der Waals surface area contributed by atoms with Crippen molar-refractivity contribution in [3.05, 3.63) is 22.8 Å². The molecule has 0 aromatic carbocycles. The summed E-state index contributed by atoms with van der Waals surface area (Å²) in [7, 11) is 3.85. The smallest absolute Gasteiger partial charge is 0.128 e. The van der Waals surface area contributed by atoms with Crippen molar-refractivity contribution >= 4 is 29.0 Å². The number of halogens is 2. The molecular weight excluding hydrogens is 195 g/mol. The molecule has 0 radical (unpaired) electrons. The molecule has 0 saturated heterocycles. The van der Waals surface area contributed by atoms with Gasteiger partial charge >= 0.3 is 0 Å². The largest absolute Gasteiger partial charge is 0.363 e. The lowest BCUT2D eigenvalue weighted by Crippen LogP contribution is -2.11. The predicted octanol–water partition coefficient (Wildman–Crippen LogP) is 2.54. The summed E-state index contributed by atoms with van der Waals surface area (Å²) in [5.41, 5.74) is 0.726. The van der Waals surface area contributed by atoms with Gasteiger partial charge in [-0.15, -0.1) is 11.6 Å². The molecule has 4 heteroatoms. The average molecular weight is 205 g/mol. The molecule has 0 spiro atoms. The van der Waals surface area contributed by atoms with E-state index in [1.54, 1.807) is 0 Å². The van der Waals surface area contributed by atoms with E-state index in [0.717, 1.165) is 11.5 Å². The molecule has 0 fully saturated rings. The Morgan fingerprint density at radius 1 is 1.42 bits per heavy atom. The molecule has 1 aromatic rings. The third kappa shape index (κ3) is 2.02. The number of pyridine rings is 1. The summed E-state index contributed by atoms with van der Waals surface area (Å²) in [5.74, 6) is 1.22. The van der Waals surface area contributed by atoms with Crippen molar-refractivity contribution in [1.82, 2.24) is 4.98 Å². The maximum atomic E-state index is 5.84. The van der Waals surface area contributed by atoms with Crippen LogP contribution in [0.4, 0.5) is 5.82 Å². The van der Waals surface area contributed by atoms with Crippen LogP contribution < -0.4 is 4.90 Å². The fourth-order valence-electron chi connectivity index (χ4n) is 0.816. The van der Waals surface area contributed by atoms with Crippen molar-refractivity contribution in [3.63, 3.8) is 0 Å². The van der Waals surface area contributed by atoms with Gasteiger partial charge in [0.1, 0.15) is 5.82 Å². The van der Waals surface area contributed by atoms with Crippen molar-refractivity contribution in [2.45, 2.75) is 5.88 Å². The van der Waals surface area contributed by atoms with E-state index in [1.165, 1.54) is 0 Å². The second-order valence-electron chi connectivity index (χ2n) is 2.63. The van der Waals surface area contributed by atoms with Crippen LogP contribution in [0.15, 0.2) is 12.1 Å². The quantitative estimate of drug-likeness (QED) is 0.689. The molecule has 1 aromatic heterocycles. The predicted molar refractivity (Wildman–Crippen MR) is 53.1 cm³/mol. The van der Waals surface area contributed by atoms with Gasteiger partial charge < -0.3 is 4.90 Å². The fraction of sp³-hybridized carbons (Fsp3) is 0.375. The maximum Gasteiger partial charge on any atom is 0.128 e. The van der Waals surface area contributed by atoms with Crippen LogP contribution in [-0.2, 0) is 5.88 Å². The van der Waals surface area contributed by atoms with E-state index in [9.17, 15) is 0 Å². The molecule has 0 atom stereocenters. The zero-order valence-electron chi connectivity index (χ0n) is 7.01. The monoisotopic (exact) mass is 204 g/mol. The molecule has 0 unspecified atom stereocenters. The van der Waals surface area contributed by atoms with Crippen LogP contribution in [0.25, 0.3) is 0 Å². The SMILES string of the molecule is CN(C)c1ccc(Cl)c(CCl)n1. The van der Waals surface area contributed by atoms with Crippen molar-refractivity contribution in [2.24, 2.45) is 0 Å². The summed E-state index contributed by atoms with van der Waals surface area (Å²) in [5, 5.41) is 0.621.